The van der Waals surface area contributed by atoms with Gasteiger partial charge in [-0.05, 0) is 62.8 Å². The number of carbonyl (C=O) groups excluding carboxylic acids is 3. The van der Waals surface area contributed by atoms with E-state index in [1.165, 1.54) is 0 Å². The van der Waals surface area contributed by atoms with E-state index in [9.17, 15) is 19.5 Å². The molecule has 2 bridgehead atoms. The maximum atomic E-state index is 14.4. The highest BCUT2D eigenvalue weighted by Crippen LogP contribution is 2.60. The Bertz CT molecular complexity index is 1080. The fourth-order valence-electron chi connectivity index (χ4n) is 6.19. The zero-order valence-electron chi connectivity index (χ0n) is 22.0. The molecule has 3 aliphatic rings. The Balaban J connectivity index is 1.67. The molecule has 3 heterocycles. The minimum absolute atomic E-state index is 0.0224. The van der Waals surface area contributed by atoms with Gasteiger partial charge in [0.05, 0.1) is 24.5 Å². The van der Waals surface area contributed by atoms with E-state index in [0.717, 1.165) is 12.8 Å². The monoisotopic (exact) mass is 622 g/mol. The van der Waals surface area contributed by atoms with Crippen LogP contribution in [0.25, 0.3) is 0 Å². The average molecular weight is 624 g/mol. The fraction of sp³-hybridized carbons (Fsp3) is 0.552. The van der Waals surface area contributed by atoms with Gasteiger partial charge < -0.3 is 24.4 Å². The molecule has 8 nitrogen and oxygen atoms in total. The van der Waals surface area contributed by atoms with E-state index < -0.39 is 35.6 Å². The minimum Gasteiger partial charge on any atom is -0.465 e. The molecule has 212 valence electrons. The van der Waals surface area contributed by atoms with Gasteiger partial charge in [-0.25, -0.2) is 0 Å². The third-order valence-corrected chi connectivity index (χ3v) is 8.96. The molecular formula is C29H36BrClN2O6. The second-order valence-corrected chi connectivity index (χ2v) is 11.9. The van der Waals surface area contributed by atoms with Crippen molar-refractivity contribution in [2.24, 2.45) is 11.8 Å². The molecule has 3 unspecified atom stereocenters. The molecule has 1 aromatic carbocycles. The van der Waals surface area contributed by atoms with Gasteiger partial charge in [-0.15, -0.1) is 13.2 Å². The lowest BCUT2D eigenvalue weighted by atomic mass is 9.70. The first-order valence-corrected chi connectivity index (χ1v) is 14.8. The van der Waals surface area contributed by atoms with E-state index in [4.69, 9.17) is 21.1 Å². The molecular weight excluding hydrogens is 588 g/mol. The second kappa shape index (κ2) is 13.0. The molecule has 1 spiro atoms. The van der Waals surface area contributed by atoms with E-state index in [-0.39, 0.29) is 42.9 Å². The SMILES string of the molecule is C=CCCCCOC(=O)[C@H]1[C@@H]2OC3(CC2Br)C(C(=O)N(CC=C)c2ccc(Cl)cc2)N(CCCCO)C(=O)[C@H]13. The lowest BCUT2D eigenvalue weighted by molar-refractivity contribution is -0.155. The summed E-state index contributed by atoms with van der Waals surface area (Å²) in [6.07, 6.45) is 6.67. The predicted molar refractivity (Wildman–Crippen MR) is 153 cm³/mol. The van der Waals surface area contributed by atoms with Crippen LogP contribution in [0.3, 0.4) is 0 Å². The van der Waals surface area contributed by atoms with Crippen molar-refractivity contribution in [2.45, 2.75) is 61.1 Å². The van der Waals surface area contributed by atoms with Crippen LogP contribution in [-0.2, 0) is 23.9 Å². The number of benzene rings is 1. The number of ether oxygens (including phenoxy) is 2. The molecule has 39 heavy (non-hydrogen) atoms. The number of esters is 1. The Kier molecular flexibility index (Phi) is 9.91. The van der Waals surface area contributed by atoms with Gasteiger partial charge in [0.2, 0.25) is 5.91 Å². The number of likely N-dealkylation sites (tertiary alicyclic amines) is 1. The number of alkyl halides is 1. The van der Waals surface area contributed by atoms with E-state index in [1.54, 1.807) is 40.1 Å². The number of anilines is 1. The molecule has 1 N–H and O–H groups in total. The number of hydrogen-bond donors (Lipinski definition) is 1. The highest BCUT2D eigenvalue weighted by Gasteiger charge is 2.77. The zero-order valence-corrected chi connectivity index (χ0v) is 24.3. The Morgan fingerprint density at radius 1 is 1.21 bits per heavy atom. The van der Waals surface area contributed by atoms with Crippen molar-refractivity contribution >= 4 is 51.0 Å². The van der Waals surface area contributed by atoms with Gasteiger partial charge in [-0.2, -0.15) is 0 Å². The summed E-state index contributed by atoms with van der Waals surface area (Å²) in [5, 5.41) is 9.90. The molecule has 6 atom stereocenters. The van der Waals surface area contributed by atoms with Crippen LogP contribution in [-0.4, -0.2) is 76.7 Å². The molecule has 10 heteroatoms. The maximum absolute atomic E-state index is 14.4. The van der Waals surface area contributed by atoms with Gasteiger partial charge in [0.15, 0.2) is 0 Å². The van der Waals surface area contributed by atoms with Crippen LogP contribution in [0.1, 0.15) is 38.5 Å². The first-order valence-electron chi connectivity index (χ1n) is 13.5. The lowest BCUT2D eigenvalue weighted by Gasteiger charge is -2.37. The standard InChI is InChI=1S/C29H36BrClN2O6/c1-3-5-6-9-17-38-28(37)22-23-26(35)33(15-7-8-16-34)25(29(23)18-21(30)24(22)39-29)27(36)32(14-4-2)20-12-10-19(31)11-13-20/h3-4,10-13,21-25,34H,1-2,5-9,14-18H2/t21?,22-,23+,24-,25?,29?/m1/s1. The van der Waals surface area contributed by atoms with Crippen LogP contribution in [0.2, 0.25) is 5.02 Å². The van der Waals surface area contributed by atoms with Gasteiger partial charge in [0.25, 0.3) is 5.91 Å². The number of hydrogen-bond acceptors (Lipinski definition) is 6. The molecule has 3 aliphatic heterocycles. The number of aliphatic hydroxyl groups excluding tert-OH is 1. The van der Waals surface area contributed by atoms with E-state index in [0.29, 0.717) is 36.4 Å². The molecule has 0 aliphatic carbocycles. The van der Waals surface area contributed by atoms with Gasteiger partial charge in [-0.1, -0.05) is 39.7 Å². The van der Waals surface area contributed by atoms with Gasteiger partial charge in [0.1, 0.15) is 11.6 Å². The number of allylic oxidation sites excluding steroid dienone is 1. The number of halogens is 2. The minimum atomic E-state index is -1.18. The number of nitrogens with zero attached hydrogens (tertiary/aromatic N) is 2. The van der Waals surface area contributed by atoms with Gasteiger partial charge >= 0.3 is 5.97 Å². The first-order chi connectivity index (χ1) is 18.8. The van der Waals surface area contributed by atoms with Gasteiger partial charge in [0, 0.05) is 35.2 Å². The van der Waals surface area contributed by atoms with Crippen LogP contribution >= 0.6 is 27.5 Å². The quantitative estimate of drug-likeness (QED) is 0.144. The van der Waals surface area contributed by atoms with Crippen molar-refractivity contribution in [3.8, 4) is 0 Å². The molecule has 2 amide bonds. The van der Waals surface area contributed by atoms with Gasteiger partial charge in [-0.3, -0.25) is 14.4 Å². The Labute approximate surface area is 243 Å². The van der Waals surface area contributed by atoms with Crippen LogP contribution in [0.5, 0.6) is 0 Å². The summed E-state index contributed by atoms with van der Waals surface area (Å²) in [4.78, 5) is 44.7. The smallest absolute Gasteiger partial charge is 0.312 e. The molecule has 3 fully saturated rings. The highest BCUT2D eigenvalue weighted by molar-refractivity contribution is 9.09. The van der Waals surface area contributed by atoms with Crippen molar-refractivity contribution in [1.29, 1.82) is 0 Å². The lowest BCUT2D eigenvalue weighted by Crippen LogP contribution is -2.57. The zero-order chi connectivity index (χ0) is 28.2. The van der Waals surface area contributed by atoms with E-state index in [2.05, 4.69) is 29.1 Å². The molecule has 0 aromatic heterocycles. The van der Waals surface area contributed by atoms with E-state index >= 15 is 0 Å². The fourth-order valence-corrected chi connectivity index (χ4v) is 7.26. The number of rotatable bonds is 14. The first kappa shape index (κ1) is 29.8. The predicted octanol–water partition coefficient (Wildman–Crippen LogP) is 4.28. The highest BCUT2D eigenvalue weighted by atomic mass is 79.9. The largest absolute Gasteiger partial charge is 0.465 e. The Morgan fingerprint density at radius 3 is 2.62 bits per heavy atom. The number of unbranched alkanes of at least 4 members (excludes halogenated alkanes) is 3. The Hall–Kier alpha value is -2.20. The van der Waals surface area contributed by atoms with Crippen molar-refractivity contribution < 1.29 is 29.0 Å². The van der Waals surface area contributed by atoms with Crippen LogP contribution in [0, 0.1) is 11.8 Å². The van der Waals surface area contributed by atoms with E-state index in [1.807, 2.05) is 6.08 Å². The molecule has 3 saturated heterocycles. The summed E-state index contributed by atoms with van der Waals surface area (Å²) in [5.74, 6) is -2.69. The summed E-state index contributed by atoms with van der Waals surface area (Å²) >= 11 is 9.77. The van der Waals surface area contributed by atoms with Crippen LogP contribution in [0.4, 0.5) is 5.69 Å². The summed E-state index contributed by atoms with van der Waals surface area (Å²) in [6, 6.07) is 5.96. The number of carbonyl (C=O) groups is 3. The number of amides is 2. The molecule has 0 radical (unpaired) electrons. The molecule has 4 rings (SSSR count). The van der Waals surface area contributed by atoms with Crippen molar-refractivity contribution in [3.05, 3.63) is 54.6 Å². The van der Waals surface area contributed by atoms with Crippen LogP contribution in [0.15, 0.2) is 49.6 Å². The average Bonchev–Trinajstić information content (AvgIpc) is 3.51. The van der Waals surface area contributed by atoms with Crippen molar-refractivity contribution in [3.63, 3.8) is 0 Å². The van der Waals surface area contributed by atoms with Crippen molar-refractivity contribution in [2.75, 3.05) is 31.2 Å². The summed E-state index contributed by atoms with van der Waals surface area (Å²) < 4.78 is 12.2. The molecule has 0 saturated carbocycles. The summed E-state index contributed by atoms with van der Waals surface area (Å²) in [6.45, 7) is 8.24. The number of fused-ring (bicyclic) bond motifs is 1. The second-order valence-electron chi connectivity index (χ2n) is 10.3. The van der Waals surface area contributed by atoms with Crippen molar-refractivity contribution in [1.82, 2.24) is 4.90 Å². The summed E-state index contributed by atoms with van der Waals surface area (Å²) in [5.41, 5.74) is -0.560. The topological polar surface area (TPSA) is 96.4 Å². The molecule has 1 aromatic rings. The third kappa shape index (κ3) is 5.69. The normalized spacial score (nSPS) is 28.8. The summed E-state index contributed by atoms with van der Waals surface area (Å²) in [7, 11) is 0. The number of aliphatic hydroxyl groups is 1. The van der Waals surface area contributed by atoms with Crippen LogP contribution < -0.4 is 4.90 Å². The maximum Gasteiger partial charge on any atom is 0.312 e. The third-order valence-electron chi connectivity index (χ3n) is 7.87. The Morgan fingerprint density at radius 2 is 1.95 bits per heavy atom.